The predicted octanol–water partition coefficient (Wildman–Crippen LogP) is 3.21. The van der Waals surface area contributed by atoms with Crippen LogP contribution in [0.3, 0.4) is 0 Å². The number of amides is 1. The Kier molecular flexibility index (Phi) is 6.20. The lowest BCUT2D eigenvalue weighted by molar-refractivity contribution is -0.134. The van der Waals surface area contributed by atoms with Crippen molar-refractivity contribution in [3.05, 3.63) is 59.7 Å². The molecular weight excluding hydrogens is 346 g/mol. The SMILES string of the molecule is Cc1ccccc1NC(=S)Nc1ccc(CC(=O)N2CCOCC2)cc1. The summed E-state index contributed by atoms with van der Waals surface area (Å²) in [5, 5.41) is 6.90. The lowest BCUT2D eigenvalue weighted by Gasteiger charge is -2.26. The molecule has 0 aromatic heterocycles. The maximum Gasteiger partial charge on any atom is 0.227 e. The number of rotatable bonds is 4. The van der Waals surface area contributed by atoms with E-state index in [9.17, 15) is 4.79 Å². The highest BCUT2D eigenvalue weighted by Gasteiger charge is 2.16. The minimum atomic E-state index is 0.144. The summed E-state index contributed by atoms with van der Waals surface area (Å²) in [5.41, 5.74) is 4.00. The van der Waals surface area contributed by atoms with E-state index in [2.05, 4.69) is 10.6 Å². The normalized spacial score (nSPS) is 14.0. The van der Waals surface area contributed by atoms with Crippen molar-refractivity contribution in [3.8, 4) is 0 Å². The second-order valence-corrected chi connectivity index (χ2v) is 6.67. The van der Waals surface area contributed by atoms with Crippen LogP contribution < -0.4 is 10.6 Å². The number of hydrogen-bond acceptors (Lipinski definition) is 3. The number of morpholine rings is 1. The first-order valence-electron chi connectivity index (χ1n) is 8.70. The molecular formula is C20H23N3O2S. The van der Waals surface area contributed by atoms with Crippen molar-refractivity contribution in [1.82, 2.24) is 4.90 Å². The quantitative estimate of drug-likeness (QED) is 0.811. The van der Waals surface area contributed by atoms with Gasteiger partial charge in [0.15, 0.2) is 5.11 Å². The van der Waals surface area contributed by atoms with E-state index in [4.69, 9.17) is 17.0 Å². The summed E-state index contributed by atoms with van der Waals surface area (Å²) >= 11 is 5.37. The molecule has 1 aliphatic heterocycles. The van der Waals surface area contributed by atoms with Gasteiger partial charge in [-0.3, -0.25) is 4.79 Å². The predicted molar refractivity (Wildman–Crippen MR) is 109 cm³/mol. The van der Waals surface area contributed by atoms with Crippen LogP contribution in [0.5, 0.6) is 0 Å². The minimum absolute atomic E-state index is 0.144. The van der Waals surface area contributed by atoms with Crippen molar-refractivity contribution in [1.29, 1.82) is 0 Å². The summed E-state index contributed by atoms with van der Waals surface area (Å²) in [4.78, 5) is 14.1. The topological polar surface area (TPSA) is 53.6 Å². The molecule has 2 aromatic carbocycles. The van der Waals surface area contributed by atoms with Crippen molar-refractivity contribution in [2.75, 3.05) is 36.9 Å². The third-order valence-electron chi connectivity index (χ3n) is 4.32. The van der Waals surface area contributed by atoms with Gasteiger partial charge in [-0.25, -0.2) is 0 Å². The first-order valence-corrected chi connectivity index (χ1v) is 9.11. The van der Waals surface area contributed by atoms with Crippen LogP contribution in [0.4, 0.5) is 11.4 Å². The van der Waals surface area contributed by atoms with Gasteiger partial charge < -0.3 is 20.3 Å². The zero-order valence-electron chi connectivity index (χ0n) is 14.8. The van der Waals surface area contributed by atoms with Crippen molar-refractivity contribution < 1.29 is 9.53 Å². The number of nitrogens with one attached hydrogen (secondary N) is 2. The molecule has 1 aliphatic rings. The number of carbonyl (C=O) groups is 1. The maximum atomic E-state index is 12.3. The molecule has 0 unspecified atom stereocenters. The van der Waals surface area contributed by atoms with Crippen LogP contribution in [-0.4, -0.2) is 42.2 Å². The molecule has 1 saturated heterocycles. The average Bonchev–Trinajstić information content (AvgIpc) is 2.66. The smallest absolute Gasteiger partial charge is 0.227 e. The molecule has 0 atom stereocenters. The molecule has 5 nitrogen and oxygen atoms in total. The van der Waals surface area contributed by atoms with Gasteiger partial charge in [0.1, 0.15) is 0 Å². The summed E-state index contributed by atoms with van der Waals surface area (Å²) in [6, 6.07) is 15.8. The number of thiocarbonyl (C=S) groups is 1. The number of para-hydroxylation sites is 1. The molecule has 2 aromatic rings. The van der Waals surface area contributed by atoms with Gasteiger partial charge >= 0.3 is 0 Å². The van der Waals surface area contributed by atoms with Crippen LogP contribution in [0.15, 0.2) is 48.5 Å². The second-order valence-electron chi connectivity index (χ2n) is 6.26. The fraction of sp³-hybridized carbons (Fsp3) is 0.300. The zero-order chi connectivity index (χ0) is 18.4. The van der Waals surface area contributed by atoms with Crippen LogP contribution in [0.25, 0.3) is 0 Å². The molecule has 0 aliphatic carbocycles. The average molecular weight is 369 g/mol. The molecule has 2 N–H and O–H groups in total. The molecule has 0 spiro atoms. The summed E-state index contributed by atoms with van der Waals surface area (Å²) in [5.74, 6) is 0.144. The van der Waals surface area contributed by atoms with E-state index in [1.54, 1.807) is 0 Å². The van der Waals surface area contributed by atoms with Crippen LogP contribution >= 0.6 is 12.2 Å². The first-order chi connectivity index (χ1) is 12.6. The van der Waals surface area contributed by atoms with Crippen LogP contribution in [-0.2, 0) is 16.0 Å². The van der Waals surface area contributed by atoms with Crippen LogP contribution in [0.2, 0.25) is 0 Å². The van der Waals surface area contributed by atoms with Gasteiger partial charge in [0.25, 0.3) is 0 Å². The van der Waals surface area contributed by atoms with Gasteiger partial charge in [-0.2, -0.15) is 0 Å². The highest BCUT2D eigenvalue weighted by atomic mass is 32.1. The molecule has 3 rings (SSSR count). The third kappa shape index (κ3) is 5.03. The van der Waals surface area contributed by atoms with Gasteiger partial charge in [0.2, 0.25) is 5.91 Å². The Morgan fingerprint density at radius 1 is 1.08 bits per heavy atom. The maximum absolute atomic E-state index is 12.3. The molecule has 0 bridgehead atoms. The molecule has 136 valence electrons. The largest absolute Gasteiger partial charge is 0.378 e. The highest BCUT2D eigenvalue weighted by Crippen LogP contribution is 2.15. The molecule has 0 saturated carbocycles. The Labute approximate surface area is 159 Å². The van der Waals surface area contributed by atoms with E-state index in [1.165, 1.54) is 0 Å². The third-order valence-corrected chi connectivity index (χ3v) is 4.53. The highest BCUT2D eigenvalue weighted by molar-refractivity contribution is 7.80. The lowest BCUT2D eigenvalue weighted by Crippen LogP contribution is -2.41. The zero-order valence-corrected chi connectivity index (χ0v) is 15.6. The molecule has 26 heavy (non-hydrogen) atoms. The lowest BCUT2D eigenvalue weighted by atomic mass is 10.1. The van der Waals surface area contributed by atoms with Gasteiger partial charge in [0.05, 0.1) is 19.6 Å². The Morgan fingerprint density at radius 3 is 2.46 bits per heavy atom. The Bertz CT molecular complexity index is 771. The van der Waals surface area contributed by atoms with Crippen molar-refractivity contribution in [2.45, 2.75) is 13.3 Å². The van der Waals surface area contributed by atoms with Crippen molar-refractivity contribution in [3.63, 3.8) is 0 Å². The van der Waals surface area contributed by atoms with Gasteiger partial charge in [-0.1, -0.05) is 30.3 Å². The fourth-order valence-corrected chi connectivity index (χ4v) is 3.03. The van der Waals surface area contributed by atoms with E-state index < -0.39 is 0 Å². The molecule has 1 heterocycles. The number of aryl methyl sites for hydroxylation is 1. The van der Waals surface area contributed by atoms with Gasteiger partial charge in [0, 0.05) is 24.5 Å². The number of anilines is 2. The summed E-state index contributed by atoms with van der Waals surface area (Å²) < 4.78 is 5.28. The number of benzene rings is 2. The number of ether oxygens (including phenoxy) is 1. The Balaban J connectivity index is 1.53. The monoisotopic (exact) mass is 369 g/mol. The molecule has 1 fully saturated rings. The van der Waals surface area contributed by atoms with Crippen LogP contribution in [0.1, 0.15) is 11.1 Å². The number of nitrogens with zero attached hydrogens (tertiary/aromatic N) is 1. The van der Waals surface area contributed by atoms with Gasteiger partial charge in [-0.05, 0) is 48.5 Å². The molecule has 6 heteroatoms. The van der Waals surface area contributed by atoms with E-state index in [-0.39, 0.29) is 5.91 Å². The summed E-state index contributed by atoms with van der Waals surface area (Å²) in [6.07, 6.45) is 0.409. The number of carbonyl (C=O) groups excluding carboxylic acids is 1. The Hall–Kier alpha value is -2.44. The first kappa shape index (κ1) is 18.4. The fourth-order valence-electron chi connectivity index (χ4n) is 2.80. The van der Waals surface area contributed by atoms with Gasteiger partial charge in [-0.15, -0.1) is 0 Å². The van der Waals surface area contributed by atoms with E-state index in [1.807, 2.05) is 60.4 Å². The van der Waals surface area contributed by atoms with E-state index in [0.717, 1.165) is 22.5 Å². The standard InChI is InChI=1S/C20H23N3O2S/c1-15-4-2-3-5-18(15)22-20(26)21-17-8-6-16(7-9-17)14-19(24)23-10-12-25-13-11-23/h2-9H,10-14H2,1H3,(H2,21,22,26). The molecule has 0 radical (unpaired) electrons. The Morgan fingerprint density at radius 2 is 1.77 bits per heavy atom. The second kappa shape index (κ2) is 8.78. The summed E-state index contributed by atoms with van der Waals surface area (Å²) in [7, 11) is 0. The minimum Gasteiger partial charge on any atom is -0.378 e. The van der Waals surface area contributed by atoms with Crippen molar-refractivity contribution in [2.24, 2.45) is 0 Å². The van der Waals surface area contributed by atoms with E-state index in [0.29, 0.717) is 37.8 Å². The van der Waals surface area contributed by atoms with Crippen molar-refractivity contribution >= 4 is 34.6 Å². The summed E-state index contributed by atoms with van der Waals surface area (Å²) in [6.45, 7) is 4.64. The molecule has 1 amide bonds. The van der Waals surface area contributed by atoms with Crippen LogP contribution in [0, 0.1) is 6.92 Å². The van der Waals surface area contributed by atoms with E-state index >= 15 is 0 Å². The number of hydrogen-bond donors (Lipinski definition) is 2.